The minimum absolute atomic E-state index is 1.13. The molecule has 0 aliphatic carbocycles. The molecule has 0 N–H and O–H groups in total. The molecule has 0 aromatic carbocycles. The maximum absolute atomic E-state index is 11.3. The maximum atomic E-state index is 11.3. The van der Waals surface area contributed by atoms with Gasteiger partial charge in [0, 0.05) is 5.33 Å². The van der Waals surface area contributed by atoms with Gasteiger partial charge >= 0.3 is 5.38 Å². The fourth-order valence-electron chi connectivity index (χ4n) is 0. The first kappa shape index (κ1) is 14.7. The van der Waals surface area contributed by atoms with Crippen LogP contribution in [0.4, 0.5) is 8.78 Å². The van der Waals surface area contributed by atoms with Gasteiger partial charge in [0.1, 0.15) is 0 Å². The number of hydrogen-bond acceptors (Lipinski definition) is 0. The van der Waals surface area contributed by atoms with E-state index in [2.05, 4.69) is 57.7 Å². The molecule has 70 valence electrons. The molecule has 0 atom stereocenters. The highest BCUT2D eigenvalue weighted by Gasteiger charge is 2.33. The van der Waals surface area contributed by atoms with E-state index in [4.69, 9.17) is 0 Å². The quantitative estimate of drug-likeness (QED) is 0.661. The van der Waals surface area contributed by atoms with Crippen molar-refractivity contribution in [2.75, 3.05) is 5.33 Å². The Balaban J connectivity index is 0. The van der Waals surface area contributed by atoms with E-state index in [0.29, 0.717) is 0 Å². The van der Waals surface area contributed by atoms with Crippen LogP contribution in [0.1, 0.15) is 13.3 Å². The summed E-state index contributed by atoms with van der Waals surface area (Å²) in [5.74, 6) is 0. The molecule has 0 rings (SSSR count). The van der Waals surface area contributed by atoms with Gasteiger partial charge in [-0.05, 0) is 18.0 Å². The van der Waals surface area contributed by atoms with Gasteiger partial charge in [0.15, 0.2) is 4.84 Å². The predicted molar refractivity (Wildman–Crippen MR) is 50.4 cm³/mol. The minimum atomic E-state index is -3.50. The topological polar surface area (TPSA) is 0 Å². The van der Waals surface area contributed by atoms with Gasteiger partial charge in [0.2, 0.25) is 0 Å². The van der Waals surface area contributed by atoms with Crippen molar-refractivity contribution in [2.24, 2.45) is 0 Å². The van der Waals surface area contributed by atoms with Crippen molar-refractivity contribution >= 4 is 50.7 Å². The molecule has 0 aromatic rings. The van der Waals surface area contributed by atoms with E-state index in [0.717, 1.165) is 5.33 Å². The van der Waals surface area contributed by atoms with E-state index in [1.54, 1.807) is 0 Å². The summed E-state index contributed by atoms with van der Waals surface area (Å²) in [6, 6.07) is 0. The number of alkyl halides is 6. The molecule has 0 aliphatic rings. The molecule has 0 amide bonds. The lowest BCUT2D eigenvalue weighted by atomic mass is 10.6. The zero-order chi connectivity index (χ0) is 9.49. The number of rotatable bonds is 2. The second-order valence-corrected chi connectivity index (χ2v) is 3.92. The molecular weight excluding hydrogens is 284 g/mol. The SMILES string of the molecule is CCCBr.FC(F)(Cl)C(Cl)Cl. The van der Waals surface area contributed by atoms with Crippen molar-refractivity contribution in [3.05, 3.63) is 0 Å². The second-order valence-electron chi connectivity index (χ2n) is 1.53. The summed E-state index contributed by atoms with van der Waals surface area (Å²) in [5, 5.41) is -2.36. The van der Waals surface area contributed by atoms with Crippen molar-refractivity contribution < 1.29 is 8.78 Å². The lowest BCUT2D eigenvalue weighted by molar-refractivity contribution is 0.112. The average molecular weight is 292 g/mol. The molecule has 0 nitrogen and oxygen atoms in total. The molecule has 0 heterocycles. The van der Waals surface area contributed by atoms with Crippen LogP contribution >= 0.6 is 50.7 Å². The van der Waals surface area contributed by atoms with E-state index in [-0.39, 0.29) is 0 Å². The van der Waals surface area contributed by atoms with Crippen LogP contribution in [-0.2, 0) is 0 Å². The summed E-state index contributed by atoms with van der Waals surface area (Å²) < 4.78 is 22.7. The average Bonchev–Trinajstić information content (AvgIpc) is 1.87. The minimum Gasteiger partial charge on any atom is -0.185 e. The largest absolute Gasteiger partial charge is 0.351 e. The van der Waals surface area contributed by atoms with Crippen LogP contribution in [0, 0.1) is 0 Å². The number of halogens is 6. The molecule has 0 fully saturated rings. The summed E-state index contributed by atoms with van der Waals surface area (Å²) in [7, 11) is 0. The van der Waals surface area contributed by atoms with Gasteiger partial charge in [-0.25, -0.2) is 0 Å². The normalized spacial score (nSPS) is 10.9. The second kappa shape index (κ2) is 7.84. The highest BCUT2D eigenvalue weighted by atomic mass is 79.9. The van der Waals surface area contributed by atoms with Gasteiger partial charge in [0.25, 0.3) is 0 Å². The Bertz CT molecular complexity index is 82.3. The zero-order valence-electron chi connectivity index (χ0n) is 5.76. The Morgan fingerprint density at radius 1 is 1.45 bits per heavy atom. The van der Waals surface area contributed by atoms with Gasteiger partial charge in [-0.15, -0.1) is 0 Å². The lowest BCUT2D eigenvalue weighted by Crippen LogP contribution is -2.15. The summed E-state index contributed by atoms with van der Waals surface area (Å²) in [5.41, 5.74) is 0. The Kier molecular flexibility index (Phi) is 10.5. The van der Waals surface area contributed by atoms with E-state index in [1.807, 2.05) is 0 Å². The highest BCUT2D eigenvalue weighted by molar-refractivity contribution is 9.09. The van der Waals surface area contributed by atoms with E-state index in [1.165, 1.54) is 6.42 Å². The molecule has 0 saturated heterocycles. The van der Waals surface area contributed by atoms with Gasteiger partial charge in [0.05, 0.1) is 0 Å². The van der Waals surface area contributed by atoms with Gasteiger partial charge in [-0.1, -0.05) is 46.1 Å². The van der Waals surface area contributed by atoms with E-state index < -0.39 is 10.2 Å². The lowest BCUT2D eigenvalue weighted by Gasteiger charge is -2.05. The zero-order valence-corrected chi connectivity index (χ0v) is 9.61. The first-order chi connectivity index (χ1) is 4.86. The molecule has 0 aromatic heterocycles. The summed E-state index contributed by atoms with van der Waals surface area (Å²) in [6.45, 7) is 2.13. The van der Waals surface area contributed by atoms with Crippen molar-refractivity contribution in [2.45, 2.75) is 23.6 Å². The van der Waals surface area contributed by atoms with Gasteiger partial charge in [-0.3, -0.25) is 0 Å². The molecule has 0 bridgehead atoms. The third kappa shape index (κ3) is 14.1. The van der Waals surface area contributed by atoms with Crippen molar-refractivity contribution in [3.8, 4) is 0 Å². The molecule has 11 heavy (non-hydrogen) atoms. The molecule has 0 spiro atoms. The summed E-state index contributed by atoms with van der Waals surface area (Å²) in [4.78, 5) is -1.82. The van der Waals surface area contributed by atoms with Crippen LogP contribution in [0.5, 0.6) is 0 Å². The monoisotopic (exact) mass is 290 g/mol. The molecule has 0 saturated carbocycles. The molecule has 0 unspecified atom stereocenters. The summed E-state index contributed by atoms with van der Waals surface area (Å²) in [6.07, 6.45) is 1.24. The first-order valence-corrected chi connectivity index (χ1v) is 5.14. The van der Waals surface area contributed by atoms with E-state index in [9.17, 15) is 8.78 Å². The van der Waals surface area contributed by atoms with Gasteiger partial charge < -0.3 is 0 Å². The molecule has 0 radical (unpaired) electrons. The summed E-state index contributed by atoms with van der Waals surface area (Å²) >= 11 is 16.8. The Morgan fingerprint density at radius 3 is 1.64 bits per heavy atom. The predicted octanol–water partition coefficient (Wildman–Crippen LogP) is 4.41. The Morgan fingerprint density at radius 2 is 1.64 bits per heavy atom. The Labute approximate surface area is 88.3 Å². The van der Waals surface area contributed by atoms with Crippen LogP contribution in [0.25, 0.3) is 0 Å². The van der Waals surface area contributed by atoms with Crippen LogP contribution in [0.3, 0.4) is 0 Å². The maximum Gasteiger partial charge on any atom is 0.351 e. The van der Waals surface area contributed by atoms with Crippen LogP contribution < -0.4 is 0 Å². The van der Waals surface area contributed by atoms with Crippen LogP contribution in [-0.4, -0.2) is 15.5 Å². The molecule has 6 heteroatoms. The Hall–Kier alpha value is 1.21. The molecular formula is C5H8BrCl3F2. The van der Waals surface area contributed by atoms with Gasteiger partial charge in [-0.2, -0.15) is 8.78 Å². The standard InChI is InChI=1S/C3H7Br.C2HCl3F2/c1-2-3-4;3-1(4)2(5,6)7/h2-3H2,1H3;1H. The third-order valence-corrected chi connectivity index (χ3v) is 2.22. The van der Waals surface area contributed by atoms with Crippen LogP contribution in [0.2, 0.25) is 0 Å². The van der Waals surface area contributed by atoms with Crippen molar-refractivity contribution in [3.63, 3.8) is 0 Å². The smallest absolute Gasteiger partial charge is 0.185 e. The highest BCUT2D eigenvalue weighted by Crippen LogP contribution is 2.29. The fraction of sp³-hybridized carbons (Fsp3) is 1.00. The van der Waals surface area contributed by atoms with Crippen LogP contribution in [0.15, 0.2) is 0 Å². The number of hydrogen-bond donors (Lipinski definition) is 0. The fourth-order valence-corrected chi connectivity index (χ4v) is 0. The molecule has 0 aliphatic heterocycles. The first-order valence-electron chi connectivity index (χ1n) is 2.77. The van der Waals surface area contributed by atoms with Crippen molar-refractivity contribution in [1.82, 2.24) is 0 Å². The third-order valence-electron chi connectivity index (χ3n) is 0.436. The van der Waals surface area contributed by atoms with Crippen molar-refractivity contribution in [1.29, 1.82) is 0 Å². The van der Waals surface area contributed by atoms with E-state index >= 15 is 0 Å².